The first-order valence-corrected chi connectivity index (χ1v) is 11.1. The summed E-state index contributed by atoms with van der Waals surface area (Å²) in [5, 5.41) is 8.70. The van der Waals surface area contributed by atoms with Crippen LogP contribution in [0.25, 0.3) is 22.4 Å². The molecule has 7 nitrogen and oxygen atoms in total. The molecule has 0 fully saturated rings. The SMILES string of the molecule is CCOc1cc(F)c(Cn2nc(-c3nc(C)cc(Nc4ccncc4)n3)c3ccccc32)c(F)c1. The highest BCUT2D eigenvalue weighted by Crippen LogP contribution is 2.29. The number of nitrogens with one attached hydrogen (secondary N) is 1. The van der Waals surface area contributed by atoms with Crippen molar-refractivity contribution in [3.63, 3.8) is 0 Å². The first-order chi connectivity index (χ1) is 17.0. The predicted molar refractivity (Wildman–Crippen MR) is 130 cm³/mol. The maximum absolute atomic E-state index is 14.8. The predicted octanol–water partition coefficient (Wildman–Crippen LogP) is 5.67. The Morgan fingerprint density at radius 3 is 2.46 bits per heavy atom. The molecule has 0 aliphatic carbocycles. The van der Waals surface area contributed by atoms with Gasteiger partial charge in [-0.2, -0.15) is 5.10 Å². The van der Waals surface area contributed by atoms with Crippen LogP contribution in [0.3, 0.4) is 0 Å². The normalized spacial score (nSPS) is 11.1. The second-order valence-electron chi connectivity index (χ2n) is 7.90. The highest BCUT2D eigenvalue weighted by Gasteiger charge is 2.19. The molecule has 5 rings (SSSR count). The summed E-state index contributed by atoms with van der Waals surface area (Å²) in [5.41, 5.74) is 2.71. The van der Waals surface area contributed by atoms with Gasteiger partial charge >= 0.3 is 0 Å². The number of hydrogen-bond acceptors (Lipinski definition) is 6. The lowest BCUT2D eigenvalue weighted by atomic mass is 10.1. The molecule has 0 radical (unpaired) electrons. The van der Waals surface area contributed by atoms with E-state index in [0.29, 0.717) is 29.5 Å². The largest absolute Gasteiger partial charge is 0.494 e. The number of anilines is 2. The minimum absolute atomic E-state index is 0.0986. The number of hydrogen-bond donors (Lipinski definition) is 1. The van der Waals surface area contributed by atoms with Gasteiger partial charge in [0, 0.05) is 52.9 Å². The summed E-state index contributed by atoms with van der Waals surface area (Å²) >= 11 is 0. The fourth-order valence-electron chi connectivity index (χ4n) is 3.87. The first-order valence-electron chi connectivity index (χ1n) is 11.1. The van der Waals surface area contributed by atoms with E-state index in [1.807, 2.05) is 49.4 Å². The van der Waals surface area contributed by atoms with Crippen molar-refractivity contribution >= 4 is 22.4 Å². The number of ether oxygens (including phenoxy) is 1. The van der Waals surface area contributed by atoms with E-state index in [4.69, 9.17) is 4.74 Å². The molecule has 0 aliphatic heterocycles. The van der Waals surface area contributed by atoms with Gasteiger partial charge in [-0.15, -0.1) is 0 Å². The summed E-state index contributed by atoms with van der Waals surface area (Å²) in [4.78, 5) is 13.3. The number of para-hydroxylation sites is 1. The topological polar surface area (TPSA) is 77.8 Å². The van der Waals surface area contributed by atoms with Crippen molar-refractivity contribution in [1.29, 1.82) is 0 Å². The van der Waals surface area contributed by atoms with Gasteiger partial charge in [0.15, 0.2) is 5.82 Å². The number of aryl methyl sites for hydroxylation is 1. The van der Waals surface area contributed by atoms with Crippen LogP contribution < -0.4 is 10.1 Å². The van der Waals surface area contributed by atoms with Gasteiger partial charge in [-0.05, 0) is 32.0 Å². The van der Waals surface area contributed by atoms with Crippen LogP contribution in [0.5, 0.6) is 5.75 Å². The molecule has 5 aromatic rings. The molecule has 176 valence electrons. The van der Waals surface area contributed by atoms with Crippen LogP contribution in [-0.2, 0) is 6.54 Å². The average Bonchev–Trinajstić information content (AvgIpc) is 3.20. The minimum atomic E-state index is -0.690. The number of benzene rings is 2. The van der Waals surface area contributed by atoms with Crippen molar-refractivity contribution in [2.24, 2.45) is 0 Å². The molecule has 3 heterocycles. The molecule has 0 unspecified atom stereocenters. The van der Waals surface area contributed by atoms with Gasteiger partial charge in [0.05, 0.1) is 18.7 Å². The Hall–Kier alpha value is -4.40. The average molecular weight is 472 g/mol. The summed E-state index contributed by atoms with van der Waals surface area (Å²) < 4.78 is 36.3. The quantitative estimate of drug-likeness (QED) is 0.329. The molecule has 0 atom stereocenters. The van der Waals surface area contributed by atoms with Crippen LogP contribution in [0.15, 0.2) is 67.0 Å². The minimum Gasteiger partial charge on any atom is -0.494 e. The van der Waals surface area contributed by atoms with Gasteiger partial charge in [-0.25, -0.2) is 18.7 Å². The third-order valence-electron chi connectivity index (χ3n) is 5.41. The third-order valence-corrected chi connectivity index (χ3v) is 5.41. The van der Waals surface area contributed by atoms with Gasteiger partial charge in [-0.1, -0.05) is 18.2 Å². The Morgan fingerprint density at radius 2 is 1.71 bits per heavy atom. The highest BCUT2D eigenvalue weighted by molar-refractivity contribution is 5.91. The van der Waals surface area contributed by atoms with E-state index in [1.54, 1.807) is 24.0 Å². The van der Waals surface area contributed by atoms with E-state index >= 15 is 0 Å². The smallest absolute Gasteiger partial charge is 0.182 e. The van der Waals surface area contributed by atoms with E-state index in [0.717, 1.165) is 16.8 Å². The van der Waals surface area contributed by atoms with Gasteiger partial charge in [0.2, 0.25) is 0 Å². The summed E-state index contributed by atoms with van der Waals surface area (Å²) in [6.45, 7) is 3.84. The lowest BCUT2D eigenvalue weighted by molar-refractivity contribution is 0.335. The Morgan fingerprint density at radius 1 is 0.971 bits per heavy atom. The van der Waals surface area contributed by atoms with Gasteiger partial charge in [0.1, 0.15) is 28.9 Å². The van der Waals surface area contributed by atoms with Gasteiger partial charge in [0.25, 0.3) is 0 Å². The van der Waals surface area contributed by atoms with Gasteiger partial charge < -0.3 is 10.1 Å². The Labute approximate surface area is 200 Å². The molecular formula is C26H22F2N6O. The first kappa shape index (κ1) is 22.4. The van der Waals surface area contributed by atoms with Crippen LogP contribution in [0, 0.1) is 18.6 Å². The summed E-state index contributed by atoms with van der Waals surface area (Å²) in [5.74, 6) is -0.222. The number of aromatic nitrogens is 5. The van der Waals surface area contributed by atoms with E-state index in [1.165, 1.54) is 12.1 Å². The monoisotopic (exact) mass is 472 g/mol. The van der Waals surface area contributed by atoms with Crippen LogP contribution in [0.2, 0.25) is 0 Å². The van der Waals surface area contributed by atoms with E-state index in [2.05, 4.69) is 25.4 Å². The molecule has 1 N–H and O–H groups in total. The van der Waals surface area contributed by atoms with Crippen molar-refractivity contribution in [1.82, 2.24) is 24.7 Å². The molecule has 0 spiro atoms. The van der Waals surface area contributed by atoms with Gasteiger partial charge in [-0.3, -0.25) is 9.67 Å². The lowest BCUT2D eigenvalue weighted by Crippen LogP contribution is -2.07. The van der Waals surface area contributed by atoms with Crippen molar-refractivity contribution in [3.05, 3.63) is 89.9 Å². The zero-order chi connectivity index (χ0) is 24.4. The van der Waals surface area contributed by atoms with E-state index in [9.17, 15) is 8.78 Å². The van der Waals surface area contributed by atoms with Crippen molar-refractivity contribution in [2.75, 3.05) is 11.9 Å². The number of rotatable bonds is 7. The Balaban J connectivity index is 1.56. The fourth-order valence-corrected chi connectivity index (χ4v) is 3.87. The second-order valence-corrected chi connectivity index (χ2v) is 7.90. The number of nitrogens with zero attached hydrogens (tertiary/aromatic N) is 5. The van der Waals surface area contributed by atoms with Crippen LogP contribution in [0.4, 0.5) is 20.3 Å². The summed E-state index contributed by atoms with van der Waals surface area (Å²) in [6.07, 6.45) is 3.37. The molecule has 0 saturated heterocycles. The maximum Gasteiger partial charge on any atom is 0.182 e. The van der Waals surface area contributed by atoms with Crippen LogP contribution in [0.1, 0.15) is 18.2 Å². The maximum atomic E-state index is 14.8. The van der Waals surface area contributed by atoms with E-state index in [-0.39, 0.29) is 17.9 Å². The highest BCUT2D eigenvalue weighted by atomic mass is 19.1. The van der Waals surface area contributed by atoms with Crippen LogP contribution >= 0.6 is 0 Å². The molecule has 0 bridgehead atoms. The molecule has 35 heavy (non-hydrogen) atoms. The standard InChI is InChI=1S/C26H22F2N6O/c1-3-35-18-13-21(27)20(22(28)14-18)15-34-23-7-5-4-6-19(23)25(33-34)26-30-16(2)12-24(32-26)31-17-8-10-29-11-9-17/h4-14H,3,15H2,1-2H3,(H,29,30,31,32). The summed E-state index contributed by atoms with van der Waals surface area (Å²) in [7, 11) is 0. The van der Waals surface area contributed by atoms with E-state index < -0.39 is 11.6 Å². The zero-order valence-electron chi connectivity index (χ0n) is 19.2. The molecule has 0 saturated carbocycles. The molecule has 2 aromatic carbocycles. The lowest BCUT2D eigenvalue weighted by Gasteiger charge is -2.10. The fraction of sp³-hybridized carbons (Fsp3) is 0.154. The Bertz CT molecular complexity index is 1480. The van der Waals surface area contributed by atoms with Crippen molar-refractivity contribution in [2.45, 2.75) is 20.4 Å². The van der Waals surface area contributed by atoms with Crippen LogP contribution in [-0.4, -0.2) is 31.3 Å². The molecular weight excluding hydrogens is 450 g/mol. The van der Waals surface area contributed by atoms with Crippen molar-refractivity contribution < 1.29 is 13.5 Å². The third kappa shape index (κ3) is 4.65. The number of pyridine rings is 1. The number of fused-ring (bicyclic) bond motifs is 1. The Kier molecular flexibility index (Phi) is 6.05. The number of halogens is 2. The molecule has 0 aliphatic rings. The molecule has 3 aromatic heterocycles. The molecule has 0 amide bonds. The van der Waals surface area contributed by atoms with Crippen molar-refractivity contribution in [3.8, 4) is 17.3 Å². The second kappa shape index (κ2) is 9.46. The zero-order valence-corrected chi connectivity index (χ0v) is 19.2. The summed E-state index contributed by atoms with van der Waals surface area (Å²) in [6, 6.07) is 15.3. The molecule has 9 heteroatoms.